The Labute approximate surface area is 148 Å². The van der Waals surface area contributed by atoms with Gasteiger partial charge in [0, 0.05) is 24.2 Å². The average Bonchev–Trinajstić information content (AvgIpc) is 3.32. The number of nitrogens with one attached hydrogen (secondary N) is 2. The molecule has 0 saturated carbocycles. The Morgan fingerprint density at radius 1 is 1.32 bits per heavy atom. The molecule has 0 spiro atoms. The van der Waals surface area contributed by atoms with E-state index in [1.807, 2.05) is 35.7 Å². The summed E-state index contributed by atoms with van der Waals surface area (Å²) in [4.78, 5) is 27.6. The number of hydrogen-bond acceptors (Lipinski definition) is 4. The van der Waals surface area contributed by atoms with Crippen molar-refractivity contribution in [2.24, 2.45) is 5.92 Å². The second-order valence-corrected chi connectivity index (χ2v) is 7.18. The third-order valence-corrected chi connectivity index (χ3v) is 5.38. The van der Waals surface area contributed by atoms with E-state index in [1.54, 1.807) is 11.1 Å². The van der Waals surface area contributed by atoms with Gasteiger partial charge in [-0.15, -0.1) is 11.3 Å². The minimum Gasteiger partial charge on any atom is -0.337 e. The van der Waals surface area contributed by atoms with Gasteiger partial charge in [0.1, 0.15) is 0 Å². The van der Waals surface area contributed by atoms with Gasteiger partial charge in [0.15, 0.2) is 0 Å². The Morgan fingerprint density at radius 3 is 3.08 bits per heavy atom. The van der Waals surface area contributed by atoms with Crippen molar-refractivity contribution in [3.8, 4) is 0 Å². The number of benzene rings is 1. The van der Waals surface area contributed by atoms with E-state index < -0.39 is 0 Å². The fourth-order valence-electron chi connectivity index (χ4n) is 3.20. The van der Waals surface area contributed by atoms with E-state index in [4.69, 9.17) is 0 Å². The standard InChI is InChI=1S/C18H18N4O2S/c23-17(20-14-5-6-15-13(9-14)10-19-21-15)12-3-1-7-22(11-12)18(24)16-4-2-8-25-16/h2,4-6,8-10,12H,1,3,7,11H2,(H,19,21)(H,20,23)/t12-/m1/s1. The molecule has 2 N–H and O–H groups in total. The number of nitrogens with zero attached hydrogens (tertiary/aromatic N) is 2. The van der Waals surface area contributed by atoms with Crippen LogP contribution in [0.4, 0.5) is 5.69 Å². The van der Waals surface area contributed by atoms with Crippen LogP contribution in [0.3, 0.4) is 0 Å². The molecule has 2 amide bonds. The van der Waals surface area contributed by atoms with Crippen LogP contribution in [-0.2, 0) is 4.79 Å². The number of amides is 2. The van der Waals surface area contributed by atoms with Crippen molar-refractivity contribution in [3.05, 3.63) is 46.8 Å². The van der Waals surface area contributed by atoms with Gasteiger partial charge in [0.2, 0.25) is 5.91 Å². The molecule has 128 valence electrons. The molecule has 6 nitrogen and oxygen atoms in total. The topological polar surface area (TPSA) is 78.1 Å². The minimum absolute atomic E-state index is 0.0207. The number of H-pyrrole nitrogens is 1. The molecule has 2 aromatic heterocycles. The fraction of sp³-hybridized carbons (Fsp3) is 0.278. The first kappa shape index (κ1) is 15.8. The predicted octanol–water partition coefficient (Wildman–Crippen LogP) is 3.12. The van der Waals surface area contributed by atoms with Crippen molar-refractivity contribution in [1.29, 1.82) is 0 Å². The lowest BCUT2D eigenvalue weighted by molar-refractivity contribution is -0.121. The molecule has 0 unspecified atom stereocenters. The molecule has 0 radical (unpaired) electrons. The molecule has 1 aliphatic heterocycles. The van der Waals surface area contributed by atoms with E-state index in [0.29, 0.717) is 13.1 Å². The summed E-state index contributed by atoms with van der Waals surface area (Å²) in [7, 11) is 0. The van der Waals surface area contributed by atoms with Crippen LogP contribution in [0.5, 0.6) is 0 Å². The van der Waals surface area contributed by atoms with Crippen LogP contribution in [0.1, 0.15) is 22.5 Å². The number of thiophene rings is 1. The highest BCUT2D eigenvalue weighted by Crippen LogP contribution is 2.23. The Hall–Kier alpha value is -2.67. The number of rotatable bonds is 3. The maximum Gasteiger partial charge on any atom is 0.263 e. The number of carbonyl (C=O) groups is 2. The van der Waals surface area contributed by atoms with Gasteiger partial charge in [0.05, 0.1) is 22.5 Å². The zero-order valence-electron chi connectivity index (χ0n) is 13.6. The minimum atomic E-state index is -0.183. The molecule has 0 aliphatic carbocycles. The van der Waals surface area contributed by atoms with E-state index in [0.717, 1.165) is 34.3 Å². The molecule has 3 aromatic rings. The highest BCUT2D eigenvalue weighted by atomic mass is 32.1. The second-order valence-electron chi connectivity index (χ2n) is 6.23. The first-order chi connectivity index (χ1) is 12.2. The zero-order chi connectivity index (χ0) is 17.2. The van der Waals surface area contributed by atoms with Gasteiger partial charge in [-0.3, -0.25) is 14.7 Å². The van der Waals surface area contributed by atoms with Crippen LogP contribution in [0, 0.1) is 5.92 Å². The molecule has 7 heteroatoms. The largest absolute Gasteiger partial charge is 0.337 e. The number of likely N-dealkylation sites (tertiary alicyclic amines) is 1. The first-order valence-corrected chi connectivity index (χ1v) is 9.15. The van der Waals surface area contributed by atoms with Gasteiger partial charge < -0.3 is 10.2 Å². The summed E-state index contributed by atoms with van der Waals surface area (Å²) in [6.45, 7) is 1.18. The summed E-state index contributed by atoms with van der Waals surface area (Å²) < 4.78 is 0. The number of fused-ring (bicyclic) bond motifs is 1. The lowest BCUT2D eigenvalue weighted by atomic mass is 9.96. The molecule has 1 saturated heterocycles. The highest BCUT2D eigenvalue weighted by molar-refractivity contribution is 7.12. The SMILES string of the molecule is O=C(Nc1ccc2[nH]ncc2c1)[C@@H]1CCCN(C(=O)c2cccs2)C1. The lowest BCUT2D eigenvalue weighted by Gasteiger charge is -2.31. The second kappa shape index (κ2) is 6.68. The quantitative estimate of drug-likeness (QED) is 0.758. The van der Waals surface area contributed by atoms with Gasteiger partial charge in [-0.1, -0.05) is 6.07 Å². The van der Waals surface area contributed by atoms with Crippen molar-refractivity contribution >= 4 is 39.7 Å². The van der Waals surface area contributed by atoms with E-state index >= 15 is 0 Å². The Balaban J connectivity index is 1.43. The Morgan fingerprint density at radius 2 is 2.24 bits per heavy atom. The van der Waals surface area contributed by atoms with Gasteiger partial charge in [-0.05, 0) is 42.5 Å². The first-order valence-electron chi connectivity index (χ1n) is 8.27. The smallest absolute Gasteiger partial charge is 0.263 e. The summed E-state index contributed by atoms with van der Waals surface area (Å²) in [6, 6.07) is 9.35. The summed E-state index contributed by atoms with van der Waals surface area (Å²) in [6.07, 6.45) is 3.37. The normalized spacial score (nSPS) is 17.6. The Bertz CT molecular complexity index is 903. The summed E-state index contributed by atoms with van der Waals surface area (Å²) >= 11 is 1.44. The van der Waals surface area contributed by atoms with Crippen molar-refractivity contribution in [2.45, 2.75) is 12.8 Å². The van der Waals surface area contributed by atoms with Crippen LogP contribution in [0.15, 0.2) is 41.9 Å². The Kier molecular flexibility index (Phi) is 4.23. The molecule has 1 fully saturated rings. The number of piperidine rings is 1. The van der Waals surface area contributed by atoms with E-state index in [2.05, 4.69) is 15.5 Å². The van der Waals surface area contributed by atoms with Gasteiger partial charge in [0.25, 0.3) is 5.91 Å². The van der Waals surface area contributed by atoms with Gasteiger partial charge in [-0.2, -0.15) is 5.10 Å². The van der Waals surface area contributed by atoms with Crippen molar-refractivity contribution in [3.63, 3.8) is 0 Å². The lowest BCUT2D eigenvalue weighted by Crippen LogP contribution is -2.43. The molecular formula is C18H18N4O2S. The maximum absolute atomic E-state index is 12.6. The molecule has 1 atom stereocenters. The molecule has 0 bridgehead atoms. The van der Waals surface area contributed by atoms with E-state index in [1.165, 1.54) is 11.3 Å². The van der Waals surface area contributed by atoms with Crippen LogP contribution in [0.25, 0.3) is 10.9 Å². The van der Waals surface area contributed by atoms with Crippen molar-refractivity contribution < 1.29 is 9.59 Å². The molecular weight excluding hydrogens is 336 g/mol. The van der Waals surface area contributed by atoms with E-state index in [9.17, 15) is 9.59 Å². The monoisotopic (exact) mass is 354 g/mol. The van der Waals surface area contributed by atoms with Crippen molar-refractivity contribution in [2.75, 3.05) is 18.4 Å². The third-order valence-electron chi connectivity index (χ3n) is 4.52. The summed E-state index contributed by atoms with van der Waals surface area (Å²) in [5, 5.41) is 12.7. The average molecular weight is 354 g/mol. The molecule has 1 aromatic carbocycles. The van der Waals surface area contributed by atoms with Crippen LogP contribution in [0.2, 0.25) is 0 Å². The number of hydrogen-bond donors (Lipinski definition) is 2. The number of carbonyl (C=O) groups excluding carboxylic acids is 2. The molecule has 25 heavy (non-hydrogen) atoms. The van der Waals surface area contributed by atoms with Crippen molar-refractivity contribution in [1.82, 2.24) is 15.1 Å². The summed E-state index contributed by atoms with van der Waals surface area (Å²) in [5.74, 6) is -0.198. The molecule has 4 rings (SSSR count). The van der Waals surface area contributed by atoms with Gasteiger partial charge >= 0.3 is 0 Å². The molecule has 1 aliphatic rings. The van der Waals surface area contributed by atoms with Gasteiger partial charge in [-0.25, -0.2) is 0 Å². The van der Waals surface area contributed by atoms with Crippen LogP contribution < -0.4 is 5.32 Å². The fourth-order valence-corrected chi connectivity index (χ4v) is 3.89. The number of anilines is 1. The van der Waals surface area contributed by atoms with E-state index in [-0.39, 0.29) is 17.7 Å². The number of aromatic amines is 1. The highest BCUT2D eigenvalue weighted by Gasteiger charge is 2.29. The maximum atomic E-state index is 12.6. The zero-order valence-corrected chi connectivity index (χ0v) is 14.4. The third kappa shape index (κ3) is 3.28. The molecule has 3 heterocycles. The number of aromatic nitrogens is 2. The van der Waals surface area contributed by atoms with Crippen LogP contribution in [-0.4, -0.2) is 40.0 Å². The predicted molar refractivity (Wildman–Crippen MR) is 97.7 cm³/mol. The van der Waals surface area contributed by atoms with Crippen LogP contribution >= 0.6 is 11.3 Å². The summed E-state index contributed by atoms with van der Waals surface area (Å²) in [5.41, 5.74) is 1.68.